The first-order valence-corrected chi connectivity index (χ1v) is 5.61. The van der Waals surface area contributed by atoms with E-state index in [9.17, 15) is 0 Å². The van der Waals surface area contributed by atoms with Gasteiger partial charge in [-0.25, -0.2) is 0 Å². The smallest absolute Gasteiger partial charge is 0.0584 e. The Balaban J connectivity index is 1.82. The average molecular weight is 183 g/mol. The van der Waals surface area contributed by atoms with Crippen molar-refractivity contribution in [2.75, 3.05) is 19.7 Å². The summed E-state index contributed by atoms with van der Waals surface area (Å²) in [6.07, 6.45) is 7.13. The fraction of sp³-hybridized carbons (Fsp3) is 1.00. The number of rotatable bonds is 2. The lowest BCUT2D eigenvalue weighted by Crippen LogP contribution is -2.47. The van der Waals surface area contributed by atoms with Crippen molar-refractivity contribution in [2.24, 2.45) is 5.41 Å². The number of piperidine rings is 1. The summed E-state index contributed by atoms with van der Waals surface area (Å²) in [4.78, 5) is 2.43. The van der Waals surface area contributed by atoms with Crippen LogP contribution in [0.3, 0.4) is 0 Å². The first-order chi connectivity index (χ1) is 6.26. The molecule has 1 aliphatic heterocycles. The van der Waals surface area contributed by atoms with Gasteiger partial charge in [-0.3, -0.25) is 4.90 Å². The Bertz CT molecular complexity index is 167. The normalized spacial score (nSPS) is 30.0. The van der Waals surface area contributed by atoms with Crippen LogP contribution in [0, 0.1) is 5.41 Å². The SMILES string of the molecule is CC(CO)N1CCC2(CCC2)CC1. The van der Waals surface area contributed by atoms with E-state index in [4.69, 9.17) is 5.11 Å². The lowest BCUT2D eigenvalue weighted by atomic mass is 9.63. The Kier molecular flexibility index (Phi) is 2.61. The number of hydrogen-bond donors (Lipinski definition) is 1. The Hall–Kier alpha value is -0.0800. The van der Waals surface area contributed by atoms with E-state index in [1.54, 1.807) is 0 Å². The maximum absolute atomic E-state index is 9.05. The van der Waals surface area contributed by atoms with Crippen molar-refractivity contribution in [1.82, 2.24) is 4.90 Å². The van der Waals surface area contributed by atoms with Crippen molar-refractivity contribution < 1.29 is 5.11 Å². The lowest BCUT2D eigenvalue weighted by Gasteiger charge is -2.49. The van der Waals surface area contributed by atoms with Crippen molar-refractivity contribution in [3.05, 3.63) is 0 Å². The van der Waals surface area contributed by atoms with Crippen molar-refractivity contribution in [2.45, 2.75) is 45.1 Å². The van der Waals surface area contributed by atoms with Crippen LogP contribution in [0.25, 0.3) is 0 Å². The van der Waals surface area contributed by atoms with Gasteiger partial charge in [0.1, 0.15) is 0 Å². The second-order valence-electron chi connectivity index (χ2n) is 4.92. The van der Waals surface area contributed by atoms with E-state index in [2.05, 4.69) is 11.8 Å². The molecule has 0 aromatic rings. The molecular weight excluding hydrogens is 162 g/mol. The number of hydrogen-bond acceptors (Lipinski definition) is 2. The van der Waals surface area contributed by atoms with Gasteiger partial charge in [0.15, 0.2) is 0 Å². The number of nitrogens with zero attached hydrogens (tertiary/aromatic N) is 1. The highest BCUT2D eigenvalue weighted by Crippen LogP contribution is 2.48. The van der Waals surface area contributed by atoms with Crippen LogP contribution in [-0.4, -0.2) is 35.7 Å². The van der Waals surface area contributed by atoms with Gasteiger partial charge in [-0.2, -0.15) is 0 Å². The highest BCUT2D eigenvalue weighted by atomic mass is 16.3. The quantitative estimate of drug-likeness (QED) is 0.703. The van der Waals surface area contributed by atoms with Gasteiger partial charge in [0, 0.05) is 6.04 Å². The largest absolute Gasteiger partial charge is 0.395 e. The van der Waals surface area contributed by atoms with Gasteiger partial charge in [-0.15, -0.1) is 0 Å². The topological polar surface area (TPSA) is 23.5 Å². The molecule has 0 bridgehead atoms. The van der Waals surface area contributed by atoms with Crippen molar-refractivity contribution in [3.63, 3.8) is 0 Å². The van der Waals surface area contributed by atoms with Crippen LogP contribution < -0.4 is 0 Å². The zero-order valence-electron chi connectivity index (χ0n) is 8.63. The molecule has 2 fully saturated rings. The molecule has 2 heteroatoms. The summed E-state index contributed by atoms with van der Waals surface area (Å²) in [6, 6.07) is 0.373. The van der Waals surface area contributed by atoms with Gasteiger partial charge in [0.2, 0.25) is 0 Å². The number of aliphatic hydroxyl groups is 1. The van der Waals surface area contributed by atoms with Crippen LogP contribution in [-0.2, 0) is 0 Å². The minimum Gasteiger partial charge on any atom is -0.395 e. The fourth-order valence-corrected chi connectivity index (χ4v) is 2.73. The van der Waals surface area contributed by atoms with Crippen molar-refractivity contribution >= 4 is 0 Å². The third kappa shape index (κ3) is 1.75. The average Bonchev–Trinajstić information content (AvgIpc) is 2.14. The fourth-order valence-electron chi connectivity index (χ4n) is 2.73. The van der Waals surface area contributed by atoms with E-state index in [1.807, 2.05) is 0 Å². The third-order valence-electron chi connectivity index (χ3n) is 4.16. The summed E-state index contributed by atoms with van der Waals surface area (Å²) >= 11 is 0. The first kappa shape index (κ1) is 9.47. The predicted octanol–water partition coefficient (Wildman–Crippen LogP) is 1.63. The molecule has 1 unspecified atom stereocenters. The molecule has 1 aliphatic carbocycles. The summed E-state index contributed by atoms with van der Waals surface area (Å²) < 4.78 is 0. The maximum atomic E-state index is 9.05. The van der Waals surface area contributed by atoms with E-state index in [0.717, 1.165) is 5.41 Å². The summed E-state index contributed by atoms with van der Waals surface area (Å²) in [5, 5.41) is 9.05. The molecule has 1 saturated heterocycles. The van der Waals surface area contributed by atoms with Crippen LogP contribution in [0.15, 0.2) is 0 Å². The molecule has 13 heavy (non-hydrogen) atoms. The first-order valence-electron chi connectivity index (χ1n) is 5.61. The Morgan fingerprint density at radius 3 is 2.23 bits per heavy atom. The van der Waals surface area contributed by atoms with Gasteiger partial charge < -0.3 is 5.11 Å². The molecule has 1 N–H and O–H groups in total. The zero-order chi connectivity index (χ0) is 9.31. The molecular formula is C11H21NO. The minimum absolute atomic E-state index is 0.312. The highest BCUT2D eigenvalue weighted by molar-refractivity contribution is 4.92. The monoisotopic (exact) mass is 183 g/mol. The standard InChI is InChI=1S/C11H21NO/c1-10(9-13)12-7-5-11(6-8-12)3-2-4-11/h10,13H,2-9H2,1H3. The van der Waals surface area contributed by atoms with E-state index in [-0.39, 0.29) is 0 Å². The summed E-state index contributed by atoms with van der Waals surface area (Å²) in [5.41, 5.74) is 0.742. The molecule has 1 heterocycles. The lowest BCUT2D eigenvalue weighted by molar-refractivity contribution is 0.00834. The molecule has 1 atom stereocenters. The molecule has 2 rings (SSSR count). The zero-order valence-corrected chi connectivity index (χ0v) is 8.63. The summed E-state index contributed by atoms with van der Waals surface area (Å²) in [6.45, 7) is 4.86. The van der Waals surface area contributed by atoms with Gasteiger partial charge in [-0.05, 0) is 51.1 Å². The van der Waals surface area contributed by atoms with Crippen LogP contribution in [0.5, 0.6) is 0 Å². The molecule has 0 aromatic carbocycles. The molecule has 2 nitrogen and oxygen atoms in total. The molecule has 0 amide bonds. The van der Waals surface area contributed by atoms with Crippen LogP contribution in [0.4, 0.5) is 0 Å². The number of likely N-dealkylation sites (tertiary alicyclic amines) is 1. The predicted molar refractivity (Wildman–Crippen MR) is 53.6 cm³/mol. The molecule has 76 valence electrons. The molecule has 0 aromatic heterocycles. The second kappa shape index (κ2) is 3.58. The van der Waals surface area contributed by atoms with Crippen LogP contribution in [0.1, 0.15) is 39.0 Å². The van der Waals surface area contributed by atoms with Gasteiger partial charge in [0.25, 0.3) is 0 Å². The number of aliphatic hydroxyl groups excluding tert-OH is 1. The Morgan fingerprint density at radius 2 is 1.85 bits per heavy atom. The molecule has 2 aliphatic rings. The Morgan fingerprint density at radius 1 is 1.23 bits per heavy atom. The van der Waals surface area contributed by atoms with Crippen LogP contribution >= 0.6 is 0 Å². The third-order valence-corrected chi connectivity index (χ3v) is 4.16. The molecule has 1 saturated carbocycles. The van der Waals surface area contributed by atoms with Gasteiger partial charge in [0.05, 0.1) is 6.61 Å². The van der Waals surface area contributed by atoms with Crippen molar-refractivity contribution in [1.29, 1.82) is 0 Å². The van der Waals surface area contributed by atoms with E-state index < -0.39 is 0 Å². The minimum atomic E-state index is 0.312. The summed E-state index contributed by atoms with van der Waals surface area (Å²) in [7, 11) is 0. The maximum Gasteiger partial charge on any atom is 0.0584 e. The van der Waals surface area contributed by atoms with Crippen LogP contribution in [0.2, 0.25) is 0 Å². The van der Waals surface area contributed by atoms with E-state index in [1.165, 1.54) is 45.2 Å². The molecule has 1 spiro atoms. The second-order valence-corrected chi connectivity index (χ2v) is 4.92. The van der Waals surface area contributed by atoms with E-state index >= 15 is 0 Å². The van der Waals surface area contributed by atoms with E-state index in [0.29, 0.717) is 12.6 Å². The Labute approximate surface area is 80.9 Å². The summed E-state index contributed by atoms with van der Waals surface area (Å²) in [5.74, 6) is 0. The van der Waals surface area contributed by atoms with Crippen molar-refractivity contribution in [3.8, 4) is 0 Å². The highest BCUT2D eigenvalue weighted by Gasteiger charge is 2.39. The van der Waals surface area contributed by atoms with Gasteiger partial charge >= 0.3 is 0 Å². The molecule has 0 radical (unpaired) electrons. The van der Waals surface area contributed by atoms with Gasteiger partial charge in [-0.1, -0.05) is 6.42 Å².